The Balaban J connectivity index is 1.55. The molecule has 1 aromatic carbocycles. The number of rotatable bonds is 8. The first kappa shape index (κ1) is 24.4. The molecule has 0 atom stereocenters. The van der Waals surface area contributed by atoms with Crippen molar-refractivity contribution >= 4 is 38.2 Å². The molecule has 2 aromatic heterocycles. The molecule has 0 unspecified atom stereocenters. The van der Waals surface area contributed by atoms with Crippen molar-refractivity contribution in [3.8, 4) is 17.0 Å². The predicted molar refractivity (Wildman–Crippen MR) is 140 cm³/mol. The molecule has 1 saturated heterocycles. The number of nitrogens with one attached hydrogen (secondary N) is 3. The Morgan fingerprint density at radius 2 is 1.94 bits per heavy atom. The summed E-state index contributed by atoms with van der Waals surface area (Å²) in [6, 6.07) is 7.87. The molecule has 36 heavy (non-hydrogen) atoms. The first-order chi connectivity index (χ1) is 17.1. The normalized spacial score (nSPS) is 16.5. The summed E-state index contributed by atoms with van der Waals surface area (Å²) in [5, 5.41) is 7.40. The van der Waals surface area contributed by atoms with Gasteiger partial charge >= 0.3 is 0 Å². The average molecular weight is 511 g/mol. The number of anilines is 2. The van der Waals surface area contributed by atoms with Gasteiger partial charge in [-0.25, -0.2) is 13.4 Å². The number of carbonyl (C=O) groups excluding carboxylic acids is 1. The molecule has 190 valence electrons. The van der Waals surface area contributed by atoms with Gasteiger partial charge in [0.2, 0.25) is 21.8 Å². The van der Waals surface area contributed by atoms with Gasteiger partial charge in [0.05, 0.1) is 23.7 Å². The molecule has 3 N–H and O–H groups in total. The van der Waals surface area contributed by atoms with E-state index >= 15 is 0 Å². The van der Waals surface area contributed by atoms with Crippen molar-refractivity contribution in [3.63, 3.8) is 0 Å². The second-order valence-corrected chi connectivity index (χ2v) is 11.5. The first-order valence-electron chi connectivity index (χ1n) is 11.9. The van der Waals surface area contributed by atoms with Crippen LogP contribution < -0.4 is 25.0 Å². The number of nitrogens with zero attached hydrogens (tertiary/aromatic N) is 3. The van der Waals surface area contributed by atoms with Crippen molar-refractivity contribution < 1.29 is 17.9 Å². The molecule has 2 aliphatic rings. The average Bonchev–Trinajstić information content (AvgIpc) is 3.03. The van der Waals surface area contributed by atoms with Crippen molar-refractivity contribution in [3.05, 3.63) is 42.2 Å². The van der Waals surface area contributed by atoms with Crippen LogP contribution in [0.3, 0.4) is 0 Å². The minimum absolute atomic E-state index is 0.0747. The van der Waals surface area contributed by atoms with Crippen LogP contribution in [0.4, 0.5) is 11.4 Å². The number of amides is 1. The third-order valence-electron chi connectivity index (χ3n) is 6.63. The van der Waals surface area contributed by atoms with Crippen LogP contribution in [0.5, 0.6) is 5.88 Å². The fraction of sp³-hybridized carbons (Fsp3) is 0.400. The highest BCUT2D eigenvalue weighted by Crippen LogP contribution is 2.47. The third kappa shape index (κ3) is 4.27. The molecule has 3 aromatic rings. The van der Waals surface area contributed by atoms with Gasteiger partial charge in [-0.05, 0) is 23.8 Å². The van der Waals surface area contributed by atoms with Gasteiger partial charge in [0.1, 0.15) is 17.7 Å². The van der Waals surface area contributed by atoms with E-state index in [1.807, 2.05) is 32.0 Å². The van der Waals surface area contributed by atoms with E-state index in [1.54, 1.807) is 30.4 Å². The smallest absolute Gasteiger partial charge is 0.240 e. The molecule has 4 heterocycles. The number of aromatic nitrogens is 2. The Hall–Kier alpha value is -3.28. The van der Waals surface area contributed by atoms with Gasteiger partial charge in [-0.15, -0.1) is 0 Å². The van der Waals surface area contributed by atoms with Crippen molar-refractivity contribution in [1.29, 1.82) is 0 Å². The number of ether oxygens (including phenoxy) is 1. The van der Waals surface area contributed by atoms with Crippen LogP contribution in [-0.4, -0.2) is 69.9 Å². The van der Waals surface area contributed by atoms with Gasteiger partial charge in [0, 0.05) is 55.4 Å². The highest BCUT2D eigenvalue weighted by Gasteiger charge is 2.54. The van der Waals surface area contributed by atoms with Gasteiger partial charge < -0.3 is 20.3 Å². The molecule has 0 bridgehead atoms. The Labute approximate surface area is 210 Å². The van der Waals surface area contributed by atoms with Gasteiger partial charge in [-0.3, -0.25) is 14.5 Å². The van der Waals surface area contributed by atoms with Crippen LogP contribution in [-0.2, 0) is 20.2 Å². The van der Waals surface area contributed by atoms with Gasteiger partial charge in [-0.2, -0.15) is 0 Å². The summed E-state index contributed by atoms with van der Waals surface area (Å²) >= 11 is 0. The van der Waals surface area contributed by atoms with Gasteiger partial charge in [0.25, 0.3) is 0 Å². The predicted octanol–water partition coefficient (Wildman–Crippen LogP) is 1.86. The minimum Gasteiger partial charge on any atom is -0.475 e. The van der Waals surface area contributed by atoms with Crippen molar-refractivity contribution in [2.75, 3.05) is 49.2 Å². The van der Waals surface area contributed by atoms with E-state index in [9.17, 15) is 13.2 Å². The quantitative estimate of drug-likeness (QED) is 0.392. The maximum absolute atomic E-state index is 13.1. The zero-order chi connectivity index (χ0) is 25.7. The molecule has 0 aliphatic carbocycles. The zero-order valence-corrected chi connectivity index (χ0v) is 21.6. The number of pyridine rings is 2. The molecule has 5 rings (SSSR count). The van der Waals surface area contributed by atoms with Crippen LogP contribution in [0.1, 0.15) is 19.4 Å². The van der Waals surface area contributed by atoms with Crippen molar-refractivity contribution in [1.82, 2.24) is 20.6 Å². The van der Waals surface area contributed by atoms with E-state index < -0.39 is 15.4 Å². The van der Waals surface area contributed by atoms with E-state index in [1.165, 1.54) is 0 Å². The van der Waals surface area contributed by atoms with E-state index in [0.29, 0.717) is 37.8 Å². The number of carbonyl (C=O) groups is 1. The fourth-order valence-electron chi connectivity index (χ4n) is 4.85. The van der Waals surface area contributed by atoms with E-state index in [0.717, 1.165) is 34.0 Å². The molecule has 0 radical (unpaired) electrons. The first-order valence-corrected chi connectivity index (χ1v) is 13.7. The number of fused-ring (bicyclic) bond motifs is 4. The van der Waals surface area contributed by atoms with E-state index in [2.05, 4.69) is 25.3 Å². The van der Waals surface area contributed by atoms with Crippen molar-refractivity contribution in [2.24, 2.45) is 0 Å². The van der Waals surface area contributed by atoms with Crippen LogP contribution in [0.15, 0.2) is 36.7 Å². The Kier molecular flexibility index (Phi) is 6.09. The number of benzene rings is 1. The second-order valence-electron chi connectivity index (χ2n) is 9.71. The summed E-state index contributed by atoms with van der Waals surface area (Å²) in [7, 11) is -1.77. The summed E-state index contributed by atoms with van der Waals surface area (Å²) in [6.45, 7) is 6.20. The zero-order valence-electron chi connectivity index (χ0n) is 20.8. The molecule has 10 nitrogen and oxygen atoms in total. The summed E-state index contributed by atoms with van der Waals surface area (Å²) in [5.74, 6) is 0.288. The van der Waals surface area contributed by atoms with Gasteiger partial charge in [-0.1, -0.05) is 19.9 Å². The minimum atomic E-state index is -3.55. The summed E-state index contributed by atoms with van der Waals surface area (Å²) in [6.07, 6.45) is 4.51. The fourth-order valence-corrected chi connectivity index (χ4v) is 5.40. The molecule has 1 fully saturated rings. The van der Waals surface area contributed by atoms with Crippen LogP contribution in [0, 0.1) is 0 Å². The monoisotopic (exact) mass is 510 g/mol. The largest absolute Gasteiger partial charge is 0.475 e. The maximum atomic E-state index is 13.1. The topological polar surface area (TPSA) is 126 Å². The van der Waals surface area contributed by atoms with Crippen LogP contribution >= 0.6 is 0 Å². The highest BCUT2D eigenvalue weighted by molar-refractivity contribution is 7.92. The van der Waals surface area contributed by atoms with Gasteiger partial charge in [0.15, 0.2) is 0 Å². The van der Waals surface area contributed by atoms with Crippen molar-refractivity contribution in [2.45, 2.75) is 25.3 Å². The number of likely N-dealkylation sites (N-methyl/N-ethyl adjacent to an activating group) is 1. The number of hydrogen-bond acceptors (Lipinski definition) is 8. The molecule has 1 spiro atoms. The standard InChI is InChI=1S/C25H30N6O4S/c1-15(2)27-7-8-35-23-20(30-36(4,33)34)10-17(11-29-23)16-5-6-19-18(9-16)22-21(12-28-19)31(3)24(32)25(22)13-26-14-25/h5-6,9-12,15,26-27,30H,7-8,13-14H2,1-4H3. The Bertz CT molecular complexity index is 1450. The van der Waals surface area contributed by atoms with Crippen LogP contribution in [0.2, 0.25) is 0 Å². The maximum Gasteiger partial charge on any atom is 0.240 e. The molecular weight excluding hydrogens is 480 g/mol. The lowest BCUT2D eigenvalue weighted by molar-refractivity contribution is -0.124. The summed E-state index contributed by atoms with van der Waals surface area (Å²) in [4.78, 5) is 23.8. The van der Waals surface area contributed by atoms with E-state index in [-0.39, 0.29) is 17.5 Å². The Morgan fingerprint density at radius 3 is 2.61 bits per heavy atom. The summed E-state index contributed by atoms with van der Waals surface area (Å²) in [5.41, 5.74) is 3.85. The molecular formula is C25H30N6O4S. The third-order valence-corrected chi connectivity index (χ3v) is 7.22. The summed E-state index contributed by atoms with van der Waals surface area (Å²) < 4.78 is 32.4. The molecule has 1 amide bonds. The lowest BCUT2D eigenvalue weighted by Gasteiger charge is -2.38. The van der Waals surface area contributed by atoms with E-state index in [4.69, 9.17) is 4.74 Å². The SMILES string of the molecule is CC(C)NCCOc1ncc(-c2ccc3ncc4c(c3c2)C2(CNC2)C(=O)N4C)cc1NS(C)(=O)=O. The Morgan fingerprint density at radius 1 is 1.17 bits per heavy atom. The number of sulfonamides is 1. The number of hydrogen-bond donors (Lipinski definition) is 3. The molecule has 11 heteroatoms. The molecule has 0 saturated carbocycles. The lowest BCUT2D eigenvalue weighted by atomic mass is 9.75. The lowest BCUT2D eigenvalue weighted by Crippen LogP contribution is -2.61. The van der Waals surface area contributed by atoms with Crippen LogP contribution in [0.25, 0.3) is 22.0 Å². The second kappa shape index (κ2) is 8.99. The highest BCUT2D eigenvalue weighted by atomic mass is 32.2. The molecule has 2 aliphatic heterocycles.